The molecule has 130 valence electrons. The minimum absolute atomic E-state index is 0. The molecule has 0 saturated heterocycles. The Kier molecular flexibility index (Phi) is 25.1. The van der Waals surface area contributed by atoms with E-state index in [-0.39, 0.29) is 102 Å². The molecule has 0 amide bonds. The van der Waals surface area contributed by atoms with Gasteiger partial charge in [-0.15, -0.1) is 0 Å². The van der Waals surface area contributed by atoms with Crippen LogP contribution in [-0.4, -0.2) is 16.9 Å². The summed E-state index contributed by atoms with van der Waals surface area (Å²) in [6, 6.07) is 0. The Balaban J connectivity index is -0.000000735. The van der Waals surface area contributed by atoms with Gasteiger partial charge >= 0.3 is 88.7 Å². The number of rotatable bonds is 10. The monoisotopic (exact) mass is 420 g/mol. The average molecular weight is 420 g/mol. The Morgan fingerprint density at radius 1 is 1.08 bits per heavy atom. The number of unbranched alkanes of at least 4 members (excludes halogenated alkanes) is 1. The smallest absolute Gasteiger partial charge is 0.795 e. The van der Waals surface area contributed by atoms with Gasteiger partial charge in [-0.1, -0.05) is 23.3 Å². The predicted octanol–water partition coefficient (Wildman–Crippen LogP) is -8.38. The van der Waals surface area contributed by atoms with Gasteiger partial charge in [0.05, 0.1) is 19.1 Å². The van der Waals surface area contributed by atoms with E-state index in [1.54, 1.807) is 0 Å². The Bertz CT molecular complexity index is 448. The van der Waals surface area contributed by atoms with Gasteiger partial charge in [0.1, 0.15) is 0 Å². The molecule has 0 rings (SSSR count). The predicted molar refractivity (Wildman–Crippen MR) is 81.7 cm³/mol. The van der Waals surface area contributed by atoms with Crippen molar-refractivity contribution in [2.45, 2.75) is 58.3 Å². The second-order valence-electron chi connectivity index (χ2n) is 5.69. The molecular formula is C14H25Na3O6P2. The molecule has 0 aromatic rings. The van der Waals surface area contributed by atoms with Crippen LogP contribution in [0.4, 0.5) is 0 Å². The molecule has 2 unspecified atom stereocenters. The van der Waals surface area contributed by atoms with Crippen molar-refractivity contribution in [2.75, 3.05) is 6.35 Å². The zero-order valence-corrected chi connectivity index (χ0v) is 24.1. The molecular weight excluding hydrogens is 395 g/mol. The molecule has 0 fully saturated rings. The quantitative estimate of drug-likeness (QED) is 0.162. The maximum Gasteiger partial charge on any atom is 1.00 e. The summed E-state index contributed by atoms with van der Waals surface area (Å²) in [5.41, 5.74) is 2.38. The van der Waals surface area contributed by atoms with Crippen LogP contribution in [0.2, 0.25) is 0 Å². The van der Waals surface area contributed by atoms with Crippen LogP contribution in [-0.2, 0) is 4.57 Å². The van der Waals surface area contributed by atoms with E-state index >= 15 is 0 Å². The summed E-state index contributed by atoms with van der Waals surface area (Å²) in [6.07, 6.45) is 5.04. The summed E-state index contributed by atoms with van der Waals surface area (Å²) in [7, 11) is -9.88. The molecule has 0 aliphatic heterocycles. The third-order valence-corrected chi connectivity index (χ3v) is 7.72. The molecule has 25 heavy (non-hydrogen) atoms. The number of hydrogen-bond donors (Lipinski definition) is 1. The van der Waals surface area contributed by atoms with Crippen LogP contribution in [0.5, 0.6) is 0 Å². The van der Waals surface area contributed by atoms with Gasteiger partial charge in [0.2, 0.25) is 0 Å². The van der Waals surface area contributed by atoms with Crippen LogP contribution >= 0.6 is 15.3 Å². The average Bonchev–Trinajstić information content (AvgIpc) is 2.36. The maximum absolute atomic E-state index is 11.5. The van der Waals surface area contributed by atoms with Crippen molar-refractivity contribution in [1.29, 1.82) is 0 Å². The largest absolute Gasteiger partial charge is 1.00 e. The zero-order valence-electron chi connectivity index (χ0n) is 16.4. The van der Waals surface area contributed by atoms with Gasteiger partial charge in [-0.25, -0.2) is 0 Å². The minimum atomic E-state index is -5.27. The van der Waals surface area contributed by atoms with Crippen molar-refractivity contribution in [1.82, 2.24) is 0 Å². The molecule has 0 aromatic carbocycles. The van der Waals surface area contributed by atoms with Crippen LogP contribution in [0.3, 0.4) is 0 Å². The van der Waals surface area contributed by atoms with Crippen molar-refractivity contribution in [3.63, 3.8) is 0 Å². The number of allylic oxidation sites excluding steroid dienone is 4. The number of hydrogen-bond acceptors (Lipinski definition) is 6. The van der Waals surface area contributed by atoms with Gasteiger partial charge in [-0.05, 0) is 52.9 Å². The first-order chi connectivity index (χ1) is 10.0. The Morgan fingerprint density at radius 2 is 1.60 bits per heavy atom. The molecule has 0 aromatic heterocycles. The number of aliphatic hydroxyl groups excluding tert-OH is 1. The van der Waals surface area contributed by atoms with Gasteiger partial charge in [0, 0.05) is 0 Å². The van der Waals surface area contributed by atoms with Crippen molar-refractivity contribution in [2.24, 2.45) is 0 Å². The van der Waals surface area contributed by atoms with Gasteiger partial charge < -0.3 is 29.2 Å². The summed E-state index contributed by atoms with van der Waals surface area (Å²) < 4.78 is 11.5. The van der Waals surface area contributed by atoms with E-state index in [9.17, 15) is 24.1 Å². The Morgan fingerprint density at radius 3 is 2.00 bits per heavy atom. The van der Waals surface area contributed by atoms with E-state index in [0.29, 0.717) is 6.42 Å². The molecule has 2 atom stereocenters. The third kappa shape index (κ3) is 17.5. The zero-order chi connectivity index (χ0) is 17.4. The third-order valence-electron chi connectivity index (χ3n) is 3.27. The van der Waals surface area contributed by atoms with Gasteiger partial charge in [0.15, 0.2) is 0 Å². The minimum Gasteiger partial charge on any atom is -0.795 e. The fourth-order valence-electron chi connectivity index (χ4n) is 2.00. The summed E-state index contributed by atoms with van der Waals surface area (Å²) >= 11 is 0. The maximum atomic E-state index is 11.5. The molecule has 0 spiro atoms. The summed E-state index contributed by atoms with van der Waals surface area (Å²) in [5.74, 6) is 0. The van der Waals surface area contributed by atoms with Gasteiger partial charge in [-0.2, -0.15) is 7.94 Å². The summed E-state index contributed by atoms with van der Waals surface area (Å²) in [6.45, 7) is 5.99. The fourth-order valence-corrected chi connectivity index (χ4v) is 5.21. The van der Waals surface area contributed by atoms with Crippen LogP contribution in [0, 0.1) is 0 Å². The van der Waals surface area contributed by atoms with Crippen molar-refractivity contribution < 1.29 is 118 Å². The molecule has 0 saturated carbocycles. The number of aliphatic hydroxyl groups is 1. The standard InChI is InChI=1S/C14H28O6P2.3Na/c1-12(2)7-6-9-13(3)8-4-5-10-14(22(18,19)20)21(16,17)11-15;;;/h7-8,14-15H,4-6,9-11H2,1-3H3,(H,16,17)(H2,18,19,20);;;/q;3*+1/p-3/b13-8+;;;. The Hall–Kier alpha value is 2.94. The van der Waals surface area contributed by atoms with E-state index < -0.39 is 27.1 Å². The Labute approximate surface area is 218 Å². The van der Waals surface area contributed by atoms with Crippen molar-refractivity contribution in [3.05, 3.63) is 23.3 Å². The fraction of sp³-hybridized carbons (Fsp3) is 0.714. The van der Waals surface area contributed by atoms with E-state index in [2.05, 4.69) is 6.08 Å². The van der Waals surface area contributed by atoms with Crippen LogP contribution in [0.1, 0.15) is 52.9 Å². The first-order valence-electron chi connectivity index (χ1n) is 7.22. The van der Waals surface area contributed by atoms with E-state index in [4.69, 9.17) is 5.11 Å². The second kappa shape index (κ2) is 17.8. The van der Waals surface area contributed by atoms with Crippen molar-refractivity contribution in [3.8, 4) is 0 Å². The summed E-state index contributed by atoms with van der Waals surface area (Å²) in [5, 5.41) is 6.71. The van der Waals surface area contributed by atoms with Crippen LogP contribution < -0.4 is 108 Å². The van der Waals surface area contributed by atoms with Gasteiger partial charge in [-0.3, -0.25) is 0 Å². The topological polar surface area (TPSA) is 130 Å². The molecule has 0 bridgehead atoms. The molecule has 6 nitrogen and oxygen atoms in total. The molecule has 0 radical (unpaired) electrons. The van der Waals surface area contributed by atoms with Crippen LogP contribution in [0.15, 0.2) is 23.3 Å². The first kappa shape index (κ1) is 35.4. The summed E-state index contributed by atoms with van der Waals surface area (Å²) in [4.78, 5) is 44.6. The van der Waals surface area contributed by atoms with Gasteiger partial charge in [0.25, 0.3) is 0 Å². The molecule has 11 heteroatoms. The SMILES string of the molecule is CC(C)=CCC/C(C)=C/CCCC(P(=O)([O-])CO)[P+]([O-])([O-])[O-].[Na+].[Na+].[Na+]. The molecule has 0 aliphatic rings. The second-order valence-corrected chi connectivity index (χ2v) is 10.2. The van der Waals surface area contributed by atoms with E-state index in [1.165, 1.54) is 5.57 Å². The first-order valence-corrected chi connectivity index (χ1v) is 10.7. The van der Waals surface area contributed by atoms with Crippen molar-refractivity contribution >= 4 is 15.3 Å². The molecule has 0 aliphatic carbocycles. The van der Waals surface area contributed by atoms with E-state index in [0.717, 1.165) is 18.4 Å². The molecule has 1 N–H and O–H groups in total. The van der Waals surface area contributed by atoms with Crippen LogP contribution in [0.25, 0.3) is 0 Å². The normalized spacial score (nSPS) is 15.0. The van der Waals surface area contributed by atoms with E-state index in [1.807, 2.05) is 26.8 Å². The molecule has 0 heterocycles.